The molecule has 0 unspecified atom stereocenters. The van der Waals surface area contributed by atoms with Gasteiger partial charge in [-0.15, -0.1) is 0 Å². The van der Waals surface area contributed by atoms with Crippen LogP contribution in [0, 0.1) is 0 Å². The zero-order chi connectivity index (χ0) is 16.1. The summed E-state index contributed by atoms with van der Waals surface area (Å²) in [5.74, 6) is 1.20. The Labute approximate surface area is 137 Å². The molecule has 1 heterocycles. The minimum absolute atomic E-state index is 0.301. The Balaban J connectivity index is 1.44. The quantitative estimate of drug-likeness (QED) is 0.741. The lowest BCUT2D eigenvalue weighted by atomic mass is 9.89. The predicted octanol–water partition coefficient (Wildman–Crippen LogP) is 3.39. The van der Waals surface area contributed by atoms with Crippen LogP contribution in [-0.4, -0.2) is 41.3 Å². The molecule has 0 bridgehead atoms. The Kier molecular flexibility index (Phi) is 5.03. The predicted molar refractivity (Wildman–Crippen MR) is 93.1 cm³/mol. The largest absolute Gasteiger partial charge is 0.508 e. The Hall–Kier alpha value is -2.20. The molecule has 1 aliphatic heterocycles. The second-order valence-electron chi connectivity index (χ2n) is 6.15. The van der Waals surface area contributed by atoms with Gasteiger partial charge in [-0.25, -0.2) is 0 Å². The highest BCUT2D eigenvalue weighted by atomic mass is 16.3. The third-order valence-electron chi connectivity index (χ3n) is 4.58. The molecule has 23 heavy (non-hydrogen) atoms. The topological polar surface area (TPSA) is 55.7 Å². The molecule has 3 N–H and O–H groups in total. The van der Waals surface area contributed by atoms with Crippen molar-refractivity contribution in [3.8, 4) is 11.5 Å². The van der Waals surface area contributed by atoms with Crippen molar-refractivity contribution in [3.05, 3.63) is 54.1 Å². The van der Waals surface area contributed by atoms with E-state index in [-0.39, 0.29) is 0 Å². The Morgan fingerprint density at radius 1 is 1.00 bits per heavy atom. The van der Waals surface area contributed by atoms with E-state index in [1.807, 2.05) is 30.3 Å². The van der Waals surface area contributed by atoms with Gasteiger partial charge in [-0.3, -0.25) is 0 Å². The molecule has 0 radical (unpaired) electrons. The van der Waals surface area contributed by atoms with Crippen LogP contribution in [0.25, 0.3) is 0 Å². The van der Waals surface area contributed by atoms with Crippen LogP contribution in [0.4, 0.5) is 5.69 Å². The summed E-state index contributed by atoms with van der Waals surface area (Å²) in [6, 6.07) is 15.0. The zero-order valence-electron chi connectivity index (χ0n) is 13.3. The molecule has 4 nitrogen and oxygen atoms in total. The minimum Gasteiger partial charge on any atom is -0.508 e. The first-order valence-corrected chi connectivity index (χ1v) is 8.25. The maximum absolute atomic E-state index is 9.73. The number of anilines is 1. The monoisotopic (exact) mass is 312 g/mol. The van der Waals surface area contributed by atoms with Gasteiger partial charge in [-0.2, -0.15) is 0 Å². The lowest BCUT2D eigenvalue weighted by molar-refractivity contribution is 0.219. The number of nitrogens with one attached hydrogen (secondary N) is 1. The fourth-order valence-corrected chi connectivity index (χ4v) is 3.24. The highest BCUT2D eigenvalue weighted by molar-refractivity contribution is 5.55. The summed E-state index contributed by atoms with van der Waals surface area (Å²) in [6.07, 6.45) is 2.25. The van der Waals surface area contributed by atoms with Gasteiger partial charge in [0.25, 0.3) is 0 Å². The summed E-state index contributed by atoms with van der Waals surface area (Å²) in [4.78, 5) is 2.45. The van der Waals surface area contributed by atoms with Crippen LogP contribution in [0.1, 0.15) is 24.3 Å². The fraction of sp³-hybridized carbons (Fsp3) is 0.368. The number of aromatic hydroxyl groups is 2. The molecule has 1 fully saturated rings. The van der Waals surface area contributed by atoms with E-state index in [4.69, 9.17) is 0 Å². The van der Waals surface area contributed by atoms with Gasteiger partial charge in [0.1, 0.15) is 11.5 Å². The molecule has 1 aliphatic rings. The number of phenolic OH excluding ortho intramolecular Hbond substituents is 2. The molecule has 1 saturated heterocycles. The summed E-state index contributed by atoms with van der Waals surface area (Å²) in [7, 11) is 0. The number of para-hydroxylation sites is 2. The molecule has 0 amide bonds. The van der Waals surface area contributed by atoms with Gasteiger partial charge < -0.3 is 20.4 Å². The van der Waals surface area contributed by atoms with Crippen LogP contribution in [0.5, 0.6) is 11.5 Å². The Morgan fingerprint density at radius 2 is 1.78 bits per heavy atom. The van der Waals surface area contributed by atoms with Crippen molar-refractivity contribution in [2.75, 3.05) is 31.5 Å². The van der Waals surface area contributed by atoms with Crippen LogP contribution >= 0.6 is 0 Å². The minimum atomic E-state index is 0.301. The third-order valence-corrected chi connectivity index (χ3v) is 4.58. The van der Waals surface area contributed by atoms with E-state index in [0.717, 1.165) is 44.7 Å². The standard InChI is InChI=1S/C19H24N2O2/c22-17-5-3-4-16(14-17)15-8-11-21(12-9-15)13-10-20-18-6-1-2-7-19(18)23/h1-7,14-15,20,22-23H,8-13H2. The molecule has 0 spiro atoms. The molecule has 122 valence electrons. The third kappa shape index (κ3) is 4.17. The van der Waals surface area contributed by atoms with Crippen molar-refractivity contribution in [2.45, 2.75) is 18.8 Å². The van der Waals surface area contributed by atoms with Crippen molar-refractivity contribution >= 4 is 5.69 Å². The van der Waals surface area contributed by atoms with Crippen LogP contribution in [-0.2, 0) is 0 Å². The maximum Gasteiger partial charge on any atom is 0.138 e. The Bertz CT molecular complexity index is 637. The Morgan fingerprint density at radius 3 is 2.52 bits per heavy atom. The van der Waals surface area contributed by atoms with E-state index in [0.29, 0.717) is 17.4 Å². The summed E-state index contributed by atoms with van der Waals surface area (Å²) < 4.78 is 0. The highest BCUT2D eigenvalue weighted by Crippen LogP contribution is 2.29. The van der Waals surface area contributed by atoms with Gasteiger partial charge in [0.15, 0.2) is 0 Å². The summed E-state index contributed by atoms with van der Waals surface area (Å²) in [5.41, 5.74) is 2.04. The zero-order valence-corrected chi connectivity index (χ0v) is 13.3. The lowest BCUT2D eigenvalue weighted by Gasteiger charge is -2.32. The highest BCUT2D eigenvalue weighted by Gasteiger charge is 2.20. The average Bonchev–Trinajstić information content (AvgIpc) is 2.57. The number of rotatable bonds is 5. The average molecular weight is 312 g/mol. The van der Waals surface area contributed by atoms with Crippen molar-refractivity contribution in [1.82, 2.24) is 4.90 Å². The van der Waals surface area contributed by atoms with Crippen LogP contribution in [0.2, 0.25) is 0 Å². The number of hydrogen-bond acceptors (Lipinski definition) is 4. The van der Waals surface area contributed by atoms with E-state index < -0.39 is 0 Å². The van der Waals surface area contributed by atoms with Gasteiger partial charge in [-0.05, 0) is 61.7 Å². The molecule has 3 rings (SSSR count). The van der Waals surface area contributed by atoms with Gasteiger partial charge in [0.05, 0.1) is 5.69 Å². The van der Waals surface area contributed by atoms with Gasteiger partial charge >= 0.3 is 0 Å². The van der Waals surface area contributed by atoms with Gasteiger partial charge in [-0.1, -0.05) is 24.3 Å². The fourth-order valence-electron chi connectivity index (χ4n) is 3.24. The first-order chi connectivity index (χ1) is 11.2. The maximum atomic E-state index is 9.73. The van der Waals surface area contributed by atoms with Gasteiger partial charge in [0.2, 0.25) is 0 Å². The number of benzene rings is 2. The van der Waals surface area contributed by atoms with E-state index in [2.05, 4.69) is 16.3 Å². The van der Waals surface area contributed by atoms with Crippen LogP contribution < -0.4 is 5.32 Å². The summed E-state index contributed by atoms with van der Waals surface area (Å²) in [6.45, 7) is 3.95. The number of hydrogen-bond donors (Lipinski definition) is 3. The van der Waals surface area contributed by atoms with E-state index >= 15 is 0 Å². The normalized spacial score (nSPS) is 16.3. The molecular weight excluding hydrogens is 288 g/mol. The molecule has 2 aromatic carbocycles. The molecule has 0 atom stereocenters. The van der Waals surface area contributed by atoms with E-state index in [1.54, 1.807) is 12.1 Å². The molecule has 0 aromatic heterocycles. The lowest BCUT2D eigenvalue weighted by Crippen LogP contribution is -2.36. The number of piperidine rings is 1. The van der Waals surface area contributed by atoms with Crippen molar-refractivity contribution < 1.29 is 10.2 Å². The van der Waals surface area contributed by atoms with Gasteiger partial charge in [0, 0.05) is 13.1 Å². The van der Waals surface area contributed by atoms with E-state index in [9.17, 15) is 10.2 Å². The second kappa shape index (κ2) is 7.38. The molecule has 2 aromatic rings. The van der Waals surface area contributed by atoms with Crippen molar-refractivity contribution in [1.29, 1.82) is 0 Å². The summed E-state index contributed by atoms with van der Waals surface area (Å²) in [5, 5.41) is 22.6. The SMILES string of the molecule is Oc1cccc(C2CCN(CCNc3ccccc3O)CC2)c1. The number of nitrogens with zero attached hydrogens (tertiary/aromatic N) is 1. The van der Waals surface area contributed by atoms with Crippen LogP contribution in [0.15, 0.2) is 48.5 Å². The number of likely N-dealkylation sites (tertiary alicyclic amines) is 1. The molecular formula is C19H24N2O2. The van der Waals surface area contributed by atoms with E-state index in [1.165, 1.54) is 5.56 Å². The molecule has 0 aliphatic carbocycles. The first-order valence-electron chi connectivity index (χ1n) is 8.25. The summed E-state index contributed by atoms with van der Waals surface area (Å²) >= 11 is 0. The molecule has 0 saturated carbocycles. The van der Waals surface area contributed by atoms with Crippen molar-refractivity contribution in [2.24, 2.45) is 0 Å². The smallest absolute Gasteiger partial charge is 0.138 e. The number of phenols is 2. The van der Waals surface area contributed by atoms with Crippen molar-refractivity contribution in [3.63, 3.8) is 0 Å². The first kappa shape index (κ1) is 15.7. The molecule has 4 heteroatoms. The second-order valence-corrected chi connectivity index (χ2v) is 6.15. The van der Waals surface area contributed by atoms with Crippen LogP contribution in [0.3, 0.4) is 0 Å².